The lowest BCUT2D eigenvalue weighted by Crippen LogP contribution is -2.37. The van der Waals surface area contributed by atoms with Crippen LogP contribution in [0.1, 0.15) is 23.7 Å². The van der Waals surface area contributed by atoms with Gasteiger partial charge in [0.1, 0.15) is 5.56 Å². The first-order chi connectivity index (χ1) is 8.49. The maximum atomic E-state index is 11.8. The number of hydrogen-bond donors (Lipinski definition) is 2. The highest BCUT2D eigenvalue weighted by molar-refractivity contribution is 6.31. The van der Waals surface area contributed by atoms with E-state index in [1.54, 1.807) is 6.92 Å². The van der Waals surface area contributed by atoms with Crippen LogP contribution < -0.4 is 5.32 Å². The van der Waals surface area contributed by atoms with Crippen LogP contribution in [0.15, 0.2) is 18.2 Å². The summed E-state index contributed by atoms with van der Waals surface area (Å²) >= 11 is 5.65. The minimum atomic E-state index is -0.666. The summed E-state index contributed by atoms with van der Waals surface area (Å²) in [5, 5.41) is 22.5. The number of aliphatic hydroxyl groups is 1. The standard InChI is InChI=1S/C11H13ClN2O4/c1-2-8(6-15)13-11(16)9-4-3-7(12)5-10(9)14(17)18/h3-5,8,15H,2,6H2,1H3,(H,13,16)/t8-/m1/s1. The SMILES string of the molecule is CC[C@H](CO)NC(=O)c1ccc(Cl)cc1[N+](=O)[O-]. The highest BCUT2D eigenvalue weighted by Crippen LogP contribution is 2.23. The van der Waals surface area contributed by atoms with Gasteiger partial charge in [-0.05, 0) is 18.6 Å². The number of nitro benzene ring substituents is 1. The van der Waals surface area contributed by atoms with Crippen molar-refractivity contribution in [3.8, 4) is 0 Å². The molecule has 0 bridgehead atoms. The van der Waals surface area contributed by atoms with Gasteiger partial charge in [0, 0.05) is 11.1 Å². The third-order valence-electron chi connectivity index (χ3n) is 2.45. The molecule has 0 heterocycles. The predicted molar refractivity (Wildman–Crippen MR) is 66.7 cm³/mol. The van der Waals surface area contributed by atoms with Gasteiger partial charge in [-0.1, -0.05) is 18.5 Å². The van der Waals surface area contributed by atoms with Crippen LogP contribution in [0.2, 0.25) is 5.02 Å². The molecule has 0 unspecified atom stereocenters. The van der Waals surface area contributed by atoms with Crippen molar-refractivity contribution in [1.29, 1.82) is 0 Å². The molecule has 6 nitrogen and oxygen atoms in total. The molecular formula is C11H13ClN2O4. The molecule has 0 saturated heterocycles. The number of benzene rings is 1. The Morgan fingerprint density at radius 2 is 2.28 bits per heavy atom. The Labute approximate surface area is 109 Å². The third-order valence-corrected chi connectivity index (χ3v) is 2.68. The summed E-state index contributed by atoms with van der Waals surface area (Å²) in [6.45, 7) is 1.57. The van der Waals surface area contributed by atoms with Crippen LogP contribution in [0, 0.1) is 10.1 Å². The lowest BCUT2D eigenvalue weighted by molar-refractivity contribution is -0.385. The fraction of sp³-hybridized carbons (Fsp3) is 0.364. The molecule has 1 aromatic rings. The number of hydrogen-bond acceptors (Lipinski definition) is 4. The number of amides is 1. The van der Waals surface area contributed by atoms with E-state index in [4.69, 9.17) is 16.7 Å². The smallest absolute Gasteiger partial charge is 0.283 e. The molecule has 98 valence electrons. The minimum absolute atomic E-state index is 0.0729. The van der Waals surface area contributed by atoms with Crippen molar-refractivity contribution in [1.82, 2.24) is 5.32 Å². The van der Waals surface area contributed by atoms with E-state index < -0.39 is 16.9 Å². The molecule has 0 saturated carbocycles. The molecule has 1 amide bonds. The van der Waals surface area contributed by atoms with Crippen molar-refractivity contribution in [3.63, 3.8) is 0 Å². The maximum Gasteiger partial charge on any atom is 0.283 e. The van der Waals surface area contributed by atoms with Gasteiger partial charge < -0.3 is 10.4 Å². The fourth-order valence-electron chi connectivity index (χ4n) is 1.39. The molecule has 18 heavy (non-hydrogen) atoms. The van der Waals surface area contributed by atoms with Crippen LogP contribution in [-0.4, -0.2) is 28.6 Å². The summed E-state index contributed by atoms with van der Waals surface area (Å²) in [4.78, 5) is 22.0. The number of carbonyl (C=O) groups excluding carboxylic acids is 1. The van der Waals surface area contributed by atoms with E-state index in [0.29, 0.717) is 6.42 Å². The van der Waals surface area contributed by atoms with Gasteiger partial charge in [0.15, 0.2) is 0 Å². The van der Waals surface area contributed by atoms with Crippen LogP contribution >= 0.6 is 11.6 Å². The molecule has 0 aliphatic rings. The second-order valence-corrected chi connectivity index (χ2v) is 4.12. The van der Waals surface area contributed by atoms with Crippen molar-refractivity contribution < 1.29 is 14.8 Å². The molecule has 0 aliphatic heterocycles. The quantitative estimate of drug-likeness (QED) is 0.631. The maximum absolute atomic E-state index is 11.8. The first-order valence-corrected chi connectivity index (χ1v) is 5.73. The Morgan fingerprint density at radius 1 is 1.61 bits per heavy atom. The second-order valence-electron chi connectivity index (χ2n) is 3.68. The second kappa shape index (κ2) is 6.32. The van der Waals surface area contributed by atoms with E-state index in [9.17, 15) is 14.9 Å². The Hall–Kier alpha value is -1.66. The number of nitrogens with zero attached hydrogens (tertiary/aromatic N) is 1. The van der Waals surface area contributed by atoms with Gasteiger partial charge >= 0.3 is 0 Å². The zero-order valence-corrected chi connectivity index (χ0v) is 10.5. The van der Waals surface area contributed by atoms with Gasteiger partial charge in [-0.2, -0.15) is 0 Å². The fourth-order valence-corrected chi connectivity index (χ4v) is 1.55. The van der Waals surface area contributed by atoms with E-state index in [1.807, 2.05) is 0 Å². The van der Waals surface area contributed by atoms with E-state index in [1.165, 1.54) is 12.1 Å². The molecule has 1 aromatic carbocycles. The van der Waals surface area contributed by atoms with Crippen LogP contribution in [0.25, 0.3) is 0 Å². The summed E-state index contributed by atoms with van der Waals surface area (Å²) in [7, 11) is 0. The molecule has 0 fully saturated rings. The highest BCUT2D eigenvalue weighted by atomic mass is 35.5. The molecule has 0 spiro atoms. The molecule has 1 rings (SSSR count). The topological polar surface area (TPSA) is 92.5 Å². The summed E-state index contributed by atoms with van der Waals surface area (Å²) in [6.07, 6.45) is 0.531. The largest absolute Gasteiger partial charge is 0.394 e. The van der Waals surface area contributed by atoms with Crippen molar-refractivity contribution in [3.05, 3.63) is 38.9 Å². The van der Waals surface area contributed by atoms with E-state index >= 15 is 0 Å². The van der Waals surface area contributed by atoms with Gasteiger partial charge in [-0.15, -0.1) is 0 Å². The highest BCUT2D eigenvalue weighted by Gasteiger charge is 2.21. The van der Waals surface area contributed by atoms with Gasteiger partial charge in [0.2, 0.25) is 0 Å². The summed E-state index contributed by atoms with van der Waals surface area (Å²) in [5.74, 6) is -0.598. The molecule has 1 atom stereocenters. The first-order valence-electron chi connectivity index (χ1n) is 5.35. The van der Waals surface area contributed by atoms with E-state index in [0.717, 1.165) is 6.07 Å². The van der Waals surface area contributed by atoms with Gasteiger partial charge in [0.25, 0.3) is 11.6 Å². The Kier molecular flexibility index (Phi) is 5.06. The number of rotatable bonds is 5. The monoisotopic (exact) mass is 272 g/mol. The van der Waals surface area contributed by atoms with Crippen molar-refractivity contribution >= 4 is 23.2 Å². The summed E-state index contributed by atoms with van der Waals surface area (Å²) in [5.41, 5.74) is -0.427. The lowest BCUT2D eigenvalue weighted by atomic mass is 10.1. The first kappa shape index (κ1) is 14.4. The average Bonchev–Trinajstić information content (AvgIpc) is 2.35. The Morgan fingerprint density at radius 3 is 2.78 bits per heavy atom. The summed E-state index contributed by atoms with van der Waals surface area (Å²) in [6, 6.07) is 3.40. The van der Waals surface area contributed by atoms with Gasteiger partial charge in [0.05, 0.1) is 17.6 Å². The molecular weight excluding hydrogens is 260 g/mol. The van der Waals surface area contributed by atoms with Crippen molar-refractivity contribution in [2.24, 2.45) is 0 Å². The van der Waals surface area contributed by atoms with Crippen LogP contribution in [0.5, 0.6) is 0 Å². The minimum Gasteiger partial charge on any atom is -0.394 e. The molecule has 0 aromatic heterocycles. The Balaban J connectivity index is 3.02. The molecule has 0 aliphatic carbocycles. The number of nitrogens with one attached hydrogen (secondary N) is 1. The third kappa shape index (κ3) is 3.41. The molecule has 2 N–H and O–H groups in total. The number of halogens is 1. The van der Waals surface area contributed by atoms with E-state index in [2.05, 4.69) is 5.32 Å². The Bertz CT molecular complexity index is 460. The average molecular weight is 273 g/mol. The molecule has 0 radical (unpaired) electrons. The predicted octanol–water partition coefficient (Wildman–Crippen LogP) is 1.75. The number of aliphatic hydroxyl groups excluding tert-OH is 1. The zero-order chi connectivity index (χ0) is 13.7. The number of nitro groups is 1. The number of carbonyl (C=O) groups is 1. The van der Waals surface area contributed by atoms with Crippen LogP contribution in [-0.2, 0) is 0 Å². The van der Waals surface area contributed by atoms with Crippen molar-refractivity contribution in [2.45, 2.75) is 19.4 Å². The molecule has 7 heteroatoms. The lowest BCUT2D eigenvalue weighted by Gasteiger charge is -2.13. The zero-order valence-electron chi connectivity index (χ0n) is 9.72. The van der Waals surface area contributed by atoms with Crippen LogP contribution in [0.4, 0.5) is 5.69 Å². The van der Waals surface area contributed by atoms with E-state index in [-0.39, 0.29) is 22.9 Å². The van der Waals surface area contributed by atoms with Gasteiger partial charge in [-0.25, -0.2) is 0 Å². The normalized spacial score (nSPS) is 11.9. The van der Waals surface area contributed by atoms with Crippen LogP contribution in [0.3, 0.4) is 0 Å². The van der Waals surface area contributed by atoms with Crippen molar-refractivity contribution in [2.75, 3.05) is 6.61 Å². The van der Waals surface area contributed by atoms with Gasteiger partial charge in [-0.3, -0.25) is 14.9 Å². The summed E-state index contributed by atoms with van der Waals surface area (Å²) < 4.78 is 0.